The number of nitrogens with zero attached hydrogens (tertiary/aromatic N) is 1. The molecule has 1 aliphatic carbocycles. The molecule has 0 atom stereocenters. The normalized spacial score (nSPS) is 14.6. The van der Waals surface area contributed by atoms with E-state index in [-0.39, 0.29) is 5.56 Å². The van der Waals surface area contributed by atoms with Crippen molar-refractivity contribution in [3.05, 3.63) is 22.3 Å². The molecule has 1 saturated carbocycles. The fourth-order valence-corrected chi connectivity index (χ4v) is 2.08. The van der Waals surface area contributed by atoms with Gasteiger partial charge in [0.05, 0.1) is 0 Å². The summed E-state index contributed by atoms with van der Waals surface area (Å²) in [6.07, 6.45) is 6.62. The van der Waals surface area contributed by atoms with Gasteiger partial charge in [-0.1, -0.05) is 12.8 Å². The number of carbonyl (C=O) groups is 1. The van der Waals surface area contributed by atoms with E-state index in [1.807, 2.05) is 0 Å². The van der Waals surface area contributed by atoms with Crippen LogP contribution < -0.4 is 5.32 Å². The lowest BCUT2D eigenvalue weighted by Crippen LogP contribution is -2.09. The maximum Gasteiger partial charge on any atom is 0.339 e. The molecule has 0 amide bonds. The number of aromatic nitrogens is 1. The van der Waals surface area contributed by atoms with Crippen LogP contribution in [-0.2, 0) is 0 Å². The van der Waals surface area contributed by atoms with Crippen molar-refractivity contribution >= 4 is 27.7 Å². The van der Waals surface area contributed by atoms with Crippen molar-refractivity contribution in [3.8, 4) is 0 Å². The third kappa shape index (κ3) is 3.70. The van der Waals surface area contributed by atoms with E-state index < -0.39 is 5.97 Å². The van der Waals surface area contributed by atoms with E-state index in [0.717, 1.165) is 18.9 Å². The number of halogens is 1. The number of pyridine rings is 1. The van der Waals surface area contributed by atoms with Crippen LogP contribution in [-0.4, -0.2) is 22.6 Å². The molecule has 1 aliphatic rings. The van der Waals surface area contributed by atoms with E-state index in [1.165, 1.54) is 19.3 Å². The molecule has 0 aromatic carbocycles. The maximum atomic E-state index is 11.0. The van der Waals surface area contributed by atoms with Crippen molar-refractivity contribution in [2.24, 2.45) is 5.92 Å². The maximum absolute atomic E-state index is 11.0. The van der Waals surface area contributed by atoms with Crippen LogP contribution in [0.2, 0.25) is 0 Å². The topological polar surface area (TPSA) is 62.2 Å². The number of rotatable bonds is 6. The van der Waals surface area contributed by atoms with Crippen LogP contribution >= 0.6 is 15.9 Å². The van der Waals surface area contributed by atoms with E-state index in [1.54, 1.807) is 12.3 Å². The smallest absolute Gasteiger partial charge is 0.339 e. The van der Waals surface area contributed by atoms with Gasteiger partial charge < -0.3 is 10.4 Å². The van der Waals surface area contributed by atoms with Crippen LogP contribution in [0.25, 0.3) is 0 Å². The fourth-order valence-electron chi connectivity index (χ4n) is 1.75. The van der Waals surface area contributed by atoms with Gasteiger partial charge in [-0.2, -0.15) is 0 Å². The average molecular weight is 299 g/mol. The van der Waals surface area contributed by atoms with Gasteiger partial charge in [0.2, 0.25) is 0 Å². The highest BCUT2D eigenvalue weighted by Crippen LogP contribution is 2.33. The number of aromatic carboxylic acids is 1. The monoisotopic (exact) mass is 298 g/mol. The molecule has 5 heteroatoms. The molecule has 0 radical (unpaired) electrons. The lowest BCUT2D eigenvalue weighted by molar-refractivity contribution is 0.0697. The fraction of sp³-hybridized carbons (Fsp3) is 0.500. The lowest BCUT2D eigenvalue weighted by Gasteiger charge is -2.08. The molecule has 0 spiro atoms. The molecule has 1 fully saturated rings. The highest BCUT2D eigenvalue weighted by atomic mass is 79.9. The van der Waals surface area contributed by atoms with E-state index >= 15 is 0 Å². The second-order valence-electron chi connectivity index (χ2n) is 4.37. The third-order valence-corrected chi connectivity index (χ3v) is 3.30. The van der Waals surface area contributed by atoms with Crippen LogP contribution in [0, 0.1) is 5.92 Å². The summed E-state index contributed by atoms with van der Waals surface area (Å²) in [5, 5.41) is 12.1. The number of carboxylic acid groups (broad SMARTS) is 1. The SMILES string of the molecule is O=C(O)c1cc(Br)cnc1NCCCC1CC1. The van der Waals surface area contributed by atoms with Gasteiger partial charge in [0.15, 0.2) is 0 Å². The van der Waals surface area contributed by atoms with Gasteiger partial charge in [-0.25, -0.2) is 9.78 Å². The zero-order chi connectivity index (χ0) is 12.3. The molecule has 92 valence electrons. The molecule has 17 heavy (non-hydrogen) atoms. The standard InChI is InChI=1S/C12H15BrN2O2/c13-9-6-10(12(16)17)11(15-7-9)14-5-1-2-8-3-4-8/h6-8H,1-5H2,(H,14,15)(H,16,17). The van der Waals surface area contributed by atoms with E-state index in [2.05, 4.69) is 26.2 Å². The molecule has 2 rings (SSSR count). The first-order valence-corrected chi connectivity index (χ1v) is 6.59. The van der Waals surface area contributed by atoms with Crippen LogP contribution in [0.1, 0.15) is 36.0 Å². The first-order valence-electron chi connectivity index (χ1n) is 5.79. The van der Waals surface area contributed by atoms with Gasteiger partial charge >= 0.3 is 5.97 Å². The third-order valence-electron chi connectivity index (χ3n) is 2.86. The van der Waals surface area contributed by atoms with Gasteiger partial charge in [0.25, 0.3) is 0 Å². The Morgan fingerprint density at radius 2 is 2.35 bits per heavy atom. The van der Waals surface area contributed by atoms with E-state index in [4.69, 9.17) is 5.11 Å². The Morgan fingerprint density at radius 3 is 3.00 bits per heavy atom. The van der Waals surface area contributed by atoms with Crippen molar-refractivity contribution in [1.82, 2.24) is 4.98 Å². The average Bonchev–Trinajstić information content (AvgIpc) is 3.09. The summed E-state index contributed by atoms with van der Waals surface area (Å²) in [6, 6.07) is 1.57. The first-order chi connectivity index (χ1) is 8.16. The zero-order valence-corrected chi connectivity index (χ0v) is 11.0. The lowest BCUT2D eigenvalue weighted by atomic mass is 10.2. The Kier molecular flexibility index (Phi) is 3.99. The minimum atomic E-state index is -0.955. The van der Waals surface area contributed by atoms with E-state index in [0.29, 0.717) is 10.3 Å². The molecule has 2 N–H and O–H groups in total. The molecule has 1 aromatic heterocycles. The van der Waals surface area contributed by atoms with E-state index in [9.17, 15) is 4.79 Å². The highest BCUT2D eigenvalue weighted by Gasteiger charge is 2.20. The summed E-state index contributed by atoms with van der Waals surface area (Å²) in [5.41, 5.74) is 0.214. The van der Waals surface area contributed by atoms with Gasteiger partial charge in [-0.05, 0) is 40.8 Å². The van der Waals surface area contributed by atoms with Gasteiger partial charge in [-0.3, -0.25) is 0 Å². The minimum absolute atomic E-state index is 0.214. The van der Waals surface area contributed by atoms with Crippen molar-refractivity contribution < 1.29 is 9.90 Å². The molecular weight excluding hydrogens is 284 g/mol. The zero-order valence-electron chi connectivity index (χ0n) is 9.45. The number of carboxylic acids is 1. The second-order valence-corrected chi connectivity index (χ2v) is 5.28. The molecule has 0 aliphatic heterocycles. The molecule has 0 saturated heterocycles. The quantitative estimate of drug-likeness (QED) is 0.792. The van der Waals surface area contributed by atoms with Crippen LogP contribution in [0.3, 0.4) is 0 Å². The largest absolute Gasteiger partial charge is 0.478 e. The van der Waals surface area contributed by atoms with Gasteiger partial charge in [0, 0.05) is 17.2 Å². The summed E-state index contributed by atoms with van der Waals surface area (Å²) in [4.78, 5) is 15.1. The Labute approximate surface area is 109 Å². The summed E-state index contributed by atoms with van der Waals surface area (Å²) in [7, 11) is 0. The van der Waals surface area contributed by atoms with Gasteiger partial charge in [-0.15, -0.1) is 0 Å². The van der Waals surface area contributed by atoms with Crippen LogP contribution in [0.4, 0.5) is 5.82 Å². The summed E-state index contributed by atoms with van der Waals surface area (Å²) in [5.74, 6) is 0.411. The van der Waals surface area contributed by atoms with Crippen LogP contribution in [0.5, 0.6) is 0 Å². The van der Waals surface area contributed by atoms with Crippen molar-refractivity contribution in [1.29, 1.82) is 0 Å². The number of hydrogen-bond donors (Lipinski definition) is 2. The molecule has 1 aromatic rings. The molecule has 0 bridgehead atoms. The number of nitrogens with one attached hydrogen (secondary N) is 1. The Balaban J connectivity index is 1.91. The van der Waals surface area contributed by atoms with Crippen LogP contribution in [0.15, 0.2) is 16.7 Å². The highest BCUT2D eigenvalue weighted by molar-refractivity contribution is 9.10. The van der Waals surface area contributed by atoms with Crippen molar-refractivity contribution in [2.75, 3.05) is 11.9 Å². The Bertz CT molecular complexity index is 419. The second kappa shape index (κ2) is 5.49. The Hall–Kier alpha value is -1.10. The predicted octanol–water partition coefficient (Wildman–Crippen LogP) is 3.14. The molecule has 1 heterocycles. The first kappa shape index (κ1) is 12.4. The number of hydrogen-bond acceptors (Lipinski definition) is 3. The Morgan fingerprint density at radius 1 is 1.59 bits per heavy atom. The number of anilines is 1. The summed E-state index contributed by atoms with van der Waals surface area (Å²) in [6.45, 7) is 0.783. The van der Waals surface area contributed by atoms with Crippen molar-refractivity contribution in [2.45, 2.75) is 25.7 Å². The van der Waals surface area contributed by atoms with Gasteiger partial charge in [0.1, 0.15) is 11.4 Å². The molecule has 4 nitrogen and oxygen atoms in total. The molecular formula is C12H15BrN2O2. The molecule has 0 unspecified atom stereocenters. The van der Waals surface area contributed by atoms with Crippen molar-refractivity contribution in [3.63, 3.8) is 0 Å². The summed E-state index contributed by atoms with van der Waals surface area (Å²) < 4.78 is 0.679. The predicted molar refractivity (Wildman–Crippen MR) is 69.3 cm³/mol. The summed E-state index contributed by atoms with van der Waals surface area (Å²) >= 11 is 3.22. The minimum Gasteiger partial charge on any atom is -0.478 e.